The predicted molar refractivity (Wildman–Crippen MR) is 86.7 cm³/mol. The van der Waals surface area contributed by atoms with Gasteiger partial charge in [0.25, 0.3) is 0 Å². The van der Waals surface area contributed by atoms with Crippen molar-refractivity contribution in [1.29, 1.82) is 0 Å². The maximum absolute atomic E-state index is 5.72. The predicted octanol–water partition coefficient (Wildman–Crippen LogP) is 5.08. The Bertz CT molecular complexity index is 702. The van der Waals surface area contributed by atoms with E-state index in [1.165, 1.54) is 27.8 Å². The third-order valence-corrected chi connectivity index (χ3v) is 3.72. The van der Waals surface area contributed by atoms with Crippen molar-refractivity contribution in [2.75, 3.05) is 0 Å². The maximum Gasteiger partial charge on any atom is 0.111 e. The van der Waals surface area contributed by atoms with Crippen molar-refractivity contribution in [2.24, 2.45) is 0 Å². The van der Waals surface area contributed by atoms with E-state index in [1.807, 2.05) is 0 Å². The van der Waals surface area contributed by atoms with E-state index in [1.54, 1.807) is 6.26 Å². The van der Waals surface area contributed by atoms with Crippen molar-refractivity contribution < 1.29 is 4.42 Å². The van der Waals surface area contributed by atoms with Crippen molar-refractivity contribution in [1.82, 2.24) is 0 Å². The topological polar surface area (TPSA) is 13.1 Å². The molecule has 0 atom stereocenters. The molecule has 0 saturated carbocycles. The first-order valence-electron chi connectivity index (χ1n) is 7.37. The van der Waals surface area contributed by atoms with Gasteiger partial charge >= 0.3 is 0 Å². The standard InChI is InChI=1S/C20H20O/c1-15-10-16(2)12-18(11-15)14-20-19(8-9-21-20)13-17-6-4-3-5-7-17/h3-12H,13-14H2,1-2H3. The molecule has 1 aromatic heterocycles. The second kappa shape index (κ2) is 6.01. The van der Waals surface area contributed by atoms with Gasteiger partial charge in [0.2, 0.25) is 0 Å². The molecule has 0 fully saturated rings. The number of furan rings is 1. The van der Waals surface area contributed by atoms with Crippen LogP contribution in [0.25, 0.3) is 0 Å². The molecule has 0 saturated heterocycles. The molecule has 3 aromatic rings. The Balaban J connectivity index is 1.82. The monoisotopic (exact) mass is 276 g/mol. The van der Waals surface area contributed by atoms with E-state index in [9.17, 15) is 0 Å². The molecule has 0 aliphatic heterocycles. The van der Waals surface area contributed by atoms with E-state index in [-0.39, 0.29) is 0 Å². The highest BCUT2D eigenvalue weighted by molar-refractivity contribution is 5.34. The minimum absolute atomic E-state index is 0.859. The second-order valence-corrected chi connectivity index (χ2v) is 5.70. The van der Waals surface area contributed by atoms with Crippen molar-refractivity contribution in [3.8, 4) is 0 Å². The third-order valence-electron chi connectivity index (χ3n) is 3.72. The molecular formula is C20H20O. The minimum atomic E-state index is 0.859. The molecule has 21 heavy (non-hydrogen) atoms. The molecule has 0 unspecified atom stereocenters. The van der Waals surface area contributed by atoms with Gasteiger partial charge in [-0.1, -0.05) is 59.7 Å². The van der Waals surface area contributed by atoms with Gasteiger partial charge in [-0.25, -0.2) is 0 Å². The van der Waals surface area contributed by atoms with Crippen molar-refractivity contribution >= 4 is 0 Å². The smallest absolute Gasteiger partial charge is 0.111 e. The molecule has 2 aromatic carbocycles. The number of rotatable bonds is 4. The Morgan fingerprint density at radius 1 is 0.762 bits per heavy atom. The van der Waals surface area contributed by atoms with Crippen LogP contribution in [0.1, 0.15) is 33.6 Å². The van der Waals surface area contributed by atoms with Gasteiger partial charge in [0.05, 0.1) is 6.26 Å². The number of hydrogen-bond donors (Lipinski definition) is 0. The Morgan fingerprint density at radius 3 is 2.19 bits per heavy atom. The van der Waals surface area contributed by atoms with Crippen LogP contribution in [0.4, 0.5) is 0 Å². The molecule has 0 amide bonds. The van der Waals surface area contributed by atoms with Crippen LogP contribution in [0.5, 0.6) is 0 Å². The van der Waals surface area contributed by atoms with Gasteiger partial charge in [-0.05, 0) is 36.6 Å². The third kappa shape index (κ3) is 3.43. The Morgan fingerprint density at radius 2 is 1.48 bits per heavy atom. The van der Waals surface area contributed by atoms with E-state index in [2.05, 4.69) is 68.4 Å². The van der Waals surface area contributed by atoms with Gasteiger partial charge in [-0.3, -0.25) is 0 Å². The SMILES string of the molecule is Cc1cc(C)cc(Cc2occc2Cc2ccccc2)c1. The summed E-state index contributed by atoms with van der Waals surface area (Å²) in [6, 6.07) is 19.3. The highest BCUT2D eigenvalue weighted by Gasteiger charge is 2.09. The first kappa shape index (κ1) is 13.7. The van der Waals surface area contributed by atoms with Crippen LogP contribution >= 0.6 is 0 Å². The highest BCUT2D eigenvalue weighted by atomic mass is 16.3. The number of aryl methyl sites for hydroxylation is 2. The normalized spacial score (nSPS) is 10.8. The summed E-state index contributed by atoms with van der Waals surface area (Å²) >= 11 is 0. The molecule has 1 heteroatoms. The molecule has 1 nitrogen and oxygen atoms in total. The Labute approximate surface area is 126 Å². The fraction of sp³-hybridized carbons (Fsp3) is 0.200. The molecule has 0 N–H and O–H groups in total. The molecule has 1 heterocycles. The summed E-state index contributed by atoms with van der Waals surface area (Å²) in [5, 5.41) is 0. The summed E-state index contributed by atoms with van der Waals surface area (Å²) in [4.78, 5) is 0. The zero-order valence-corrected chi connectivity index (χ0v) is 12.6. The lowest BCUT2D eigenvalue weighted by Crippen LogP contribution is -1.94. The van der Waals surface area contributed by atoms with E-state index in [0.717, 1.165) is 18.6 Å². The highest BCUT2D eigenvalue weighted by Crippen LogP contribution is 2.20. The van der Waals surface area contributed by atoms with Gasteiger partial charge in [-0.2, -0.15) is 0 Å². The van der Waals surface area contributed by atoms with Crippen LogP contribution in [0.3, 0.4) is 0 Å². The number of benzene rings is 2. The molecule has 106 valence electrons. The van der Waals surface area contributed by atoms with Crippen LogP contribution in [-0.4, -0.2) is 0 Å². The van der Waals surface area contributed by atoms with Crippen LogP contribution < -0.4 is 0 Å². The lowest BCUT2D eigenvalue weighted by Gasteiger charge is -2.06. The van der Waals surface area contributed by atoms with Gasteiger partial charge in [0.15, 0.2) is 0 Å². The van der Waals surface area contributed by atoms with E-state index >= 15 is 0 Å². The molecule has 3 rings (SSSR count). The summed E-state index contributed by atoms with van der Waals surface area (Å²) < 4.78 is 5.72. The van der Waals surface area contributed by atoms with Crippen LogP contribution in [0.2, 0.25) is 0 Å². The summed E-state index contributed by atoms with van der Waals surface area (Å²) in [6.45, 7) is 4.28. The van der Waals surface area contributed by atoms with Crippen LogP contribution in [-0.2, 0) is 12.8 Å². The van der Waals surface area contributed by atoms with E-state index < -0.39 is 0 Å². The molecule has 0 spiro atoms. The van der Waals surface area contributed by atoms with E-state index in [0.29, 0.717) is 0 Å². The molecule has 0 aliphatic carbocycles. The average Bonchev–Trinajstić information content (AvgIpc) is 2.86. The van der Waals surface area contributed by atoms with Gasteiger partial charge in [0.1, 0.15) is 5.76 Å². The van der Waals surface area contributed by atoms with Crippen molar-refractivity contribution in [2.45, 2.75) is 26.7 Å². The lowest BCUT2D eigenvalue weighted by molar-refractivity contribution is 0.517. The zero-order valence-electron chi connectivity index (χ0n) is 12.6. The second-order valence-electron chi connectivity index (χ2n) is 5.70. The molecular weight excluding hydrogens is 256 g/mol. The lowest BCUT2D eigenvalue weighted by atomic mass is 10.00. The van der Waals surface area contributed by atoms with Crippen molar-refractivity contribution in [3.63, 3.8) is 0 Å². The fourth-order valence-electron chi connectivity index (χ4n) is 2.85. The molecule has 0 radical (unpaired) electrons. The zero-order chi connectivity index (χ0) is 14.7. The summed E-state index contributed by atoms with van der Waals surface area (Å²) in [7, 11) is 0. The molecule has 0 bridgehead atoms. The molecule has 0 aliphatic rings. The first-order chi connectivity index (χ1) is 10.2. The number of hydrogen-bond acceptors (Lipinski definition) is 1. The largest absolute Gasteiger partial charge is 0.469 e. The van der Waals surface area contributed by atoms with Gasteiger partial charge in [-0.15, -0.1) is 0 Å². The van der Waals surface area contributed by atoms with Crippen LogP contribution in [0, 0.1) is 13.8 Å². The first-order valence-corrected chi connectivity index (χ1v) is 7.37. The Hall–Kier alpha value is -2.28. The fourth-order valence-corrected chi connectivity index (χ4v) is 2.85. The average molecular weight is 276 g/mol. The summed E-state index contributed by atoms with van der Waals surface area (Å²) in [6.07, 6.45) is 3.59. The minimum Gasteiger partial charge on any atom is -0.469 e. The van der Waals surface area contributed by atoms with Crippen LogP contribution in [0.15, 0.2) is 65.3 Å². The Kier molecular flexibility index (Phi) is 3.92. The summed E-state index contributed by atoms with van der Waals surface area (Å²) in [5.74, 6) is 1.07. The summed E-state index contributed by atoms with van der Waals surface area (Å²) in [5.41, 5.74) is 6.53. The quantitative estimate of drug-likeness (QED) is 0.648. The van der Waals surface area contributed by atoms with E-state index in [4.69, 9.17) is 4.42 Å². The van der Waals surface area contributed by atoms with Gasteiger partial charge in [0, 0.05) is 12.8 Å². The van der Waals surface area contributed by atoms with Gasteiger partial charge < -0.3 is 4.42 Å². The maximum atomic E-state index is 5.72. The van der Waals surface area contributed by atoms with Crippen molar-refractivity contribution in [3.05, 3.63) is 94.4 Å².